The first-order valence-electron chi connectivity index (χ1n) is 6.42. The zero-order chi connectivity index (χ0) is 15.2. The van der Waals surface area contributed by atoms with Crippen LogP contribution in [0.5, 0.6) is 5.75 Å². The van der Waals surface area contributed by atoms with Crippen molar-refractivity contribution in [2.24, 2.45) is 5.73 Å². The fourth-order valence-corrected chi connectivity index (χ4v) is 1.87. The van der Waals surface area contributed by atoms with E-state index in [4.69, 9.17) is 5.73 Å². The van der Waals surface area contributed by atoms with Crippen LogP contribution in [0.1, 0.15) is 31.7 Å². The summed E-state index contributed by atoms with van der Waals surface area (Å²) >= 11 is 0. The molecule has 0 fully saturated rings. The predicted octanol–water partition coefficient (Wildman–Crippen LogP) is 3.21. The van der Waals surface area contributed by atoms with E-state index in [-0.39, 0.29) is 30.4 Å². The van der Waals surface area contributed by atoms with Crippen LogP contribution < -0.4 is 10.5 Å². The van der Waals surface area contributed by atoms with E-state index in [1.165, 1.54) is 24.3 Å². The number of benzene rings is 1. The van der Waals surface area contributed by atoms with E-state index in [1.54, 1.807) is 0 Å². The van der Waals surface area contributed by atoms with Crippen LogP contribution in [-0.2, 0) is 11.2 Å². The van der Waals surface area contributed by atoms with Gasteiger partial charge < -0.3 is 10.5 Å². The fourth-order valence-electron chi connectivity index (χ4n) is 1.87. The third-order valence-corrected chi connectivity index (χ3v) is 2.71. The number of Topliss-reactive ketones (excluding diaryl/α,β-unsaturated/α-hetero) is 1. The van der Waals surface area contributed by atoms with E-state index < -0.39 is 6.36 Å². The molecule has 0 bridgehead atoms. The molecule has 0 radical (unpaired) electrons. The Morgan fingerprint density at radius 1 is 1.30 bits per heavy atom. The lowest BCUT2D eigenvalue weighted by Gasteiger charge is -2.10. The molecule has 1 atom stereocenters. The Morgan fingerprint density at radius 3 is 2.40 bits per heavy atom. The van der Waals surface area contributed by atoms with Gasteiger partial charge >= 0.3 is 6.36 Å². The number of halogens is 3. The molecule has 112 valence electrons. The molecule has 20 heavy (non-hydrogen) atoms. The number of nitrogens with two attached hydrogens (primary N) is 1. The van der Waals surface area contributed by atoms with E-state index >= 15 is 0 Å². The van der Waals surface area contributed by atoms with Crippen LogP contribution in [0.3, 0.4) is 0 Å². The molecule has 0 saturated carbocycles. The third-order valence-electron chi connectivity index (χ3n) is 2.71. The summed E-state index contributed by atoms with van der Waals surface area (Å²) < 4.78 is 39.7. The molecule has 1 aromatic carbocycles. The first kappa shape index (κ1) is 16.5. The van der Waals surface area contributed by atoms with E-state index in [0.29, 0.717) is 5.56 Å². The van der Waals surface area contributed by atoms with E-state index in [1.807, 2.05) is 6.92 Å². The van der Waals surface area contributed by atoms with Gasteiger partial charge in [0.25, 0.3) is 0 Å². The summed E-state index contributed by atoms with van der Waals surface area (Å²) in [5, 5.41) is 0. The summed E-state index contributed by atoms with van der Waals surface area (Å²) in [6, 6.07) is 5.14. The lowest BCUT2D eigenvalue weighted by molar-refractivity contribution is -0.274. The van der Waals surface area contributed by atoms with E-state index in [9.17, 15) is 18.0 Å². The van der Waals surface area contributed by atoms with Crippen LogP contribution in [0.25, 0.3) is 0 Å². The van der Waals surface area contributed by atoms with Gasteiger partial charge in [-0.3, -0.25) is 4.79 Å². The van der Waals surface area contributed by atoms with Crippen molar-refractivity contribution in [2.75, 3.05) is 0 Å². The third kappa shape index (κ3) is 6.56. The van der Waals surface area contributed by atoms with Gasteiger partial charge in [-0.2, -0.15) is 0 Å². The van der Waals surface area contributed by atoms with Crippen molar-refractivity contribution < 1.29 is 22.7 Å². The molecule has 0 aromatic heterocycles. The summed E-state index contributed by atoms with van der Waals surface area (Å²) in [5.74, 6) is -0.313. The Hall–Kier alpha value is -1.56. The minimum atomic E-state index is -4.70. The molecule has 2 N–H and O–H groups in total. The van der Waals surface area contributed by atoms with Crippen molar-refractivity contribution in [3.05, 3.63) is 29.8 Å². The smallest absolute Gasteiger partial charge is 0.406 e. The molecule has 0 spiro atoms. The Labute approximate surface area is 115 Å². The largest absolute Gasteiger partial charge is 0.573 e. The van der Waals surface area contributed by atoms with Gasteiger partial charge in [0.1, 0.15) is 11.5 Å². The molecule has 0 heterocycles. The van der Waals surface area contributed by atoms with E-state index in [0.717, 1.165) is 12.8 Å². The van der Waals surface area contributed by atoms with Crippen molar-refractivity contribution in [3.63, 3.8) is 0 Å². The maximum absolute atomic E-state index is 12.0. The molecule has 0 aliphatic rings. The molecule has 6 heteroatoms. The molecular weight excluding hydrogens is 271 g/mol. The summed E-state index contributed by atoms with van der Waals surface area (Å²) in [5.41, 5.74) is 6.41. The molecule has 1 aromatic rings. The second kappa shape index (κ2) is 7.28. The zero-order valence-electron chi connectivity index (χ0n) is 11.2. The SMILES string of the molecule is CCCC(N)CC(=O)Cc1ccc(OC(F)(F)F)cc1. The number of ether oxygens (including phenoxy) is 1. The quantitative estimate of drug-likeness (QED) is 0.838. The first-order chi connectivity index (χ1) is 9.30. The second-order valence-electron chi connectivity index (χ2n) is 4.66. The molecule has 3 nitrogen and oxygen atoms in total. The summed E-state index contributed by atoms with van der Waals surface area (Å²) in [7, 11) is 0. The molecule has 1 rings (SSSR count). The summed E-state index contributed by atoms with van der Waals surface area (Å²) in [4.78, 5) is 11.7. The second-order valence-corrected chi connectivity index (χ2v) is 4.66. The normalized spacial score (nSPS) is 13.1. The molecule has 0 saturated heterocycles. The standard InChI is InChI=1S/C14H18F3NO2/c1-2-3-11(18)9-12(19)8-10-4-6-13(7-5-10)20-14(15,16)17/h4-7,11H,2-3,8-9,18H2,1H3. The average Bonchev–Trinajstić information content (AvgIpc) is 2.30. The van der Waals surface area contributed by atoms with Gasteiger partial charge in [-0.05, 0) is 24.1 Å². The lowest BCUT2D eigenvalue weighted by Crippen LogP contribution is -2.24. The van der Waals surface area contributed by atoms with Crippen molar-refractivity contribution in [3.8, 4) is 5.75 Å². The van der Waals surface area contributed by atoms with Crippen molar-refractivity contribution in [2.45, 2.75) is 45.0 Å². The van der Waals surface area contributed by atoms with E-state index in [2.05, 4.69) is 4.74 Å². The number of hydrogen-bond acceptors (Lipinski definition) is 3. The Balaban J connectivity index is 2.51. The van der Waals surface area contributed by atoms with Crippen LogP contribution in [0, 0.1) is 0 Å². The van der Waals surface area contributed by atoms with Gasteiger partial charge in [0.05, 0.1) is 0 Å². The van der Waals surface area contributed by atoms with Gasteiger partial charge in [-0.25, -0.2) is 0 Å². The van der Waals surface area contributed by atoms with Crippen LogP contribution in [0.2, 0.25) is 0 Å². The van der Waals surface area contributed by atoms with Gasteiger partial charge in [0.15, 0.2) is 0 Å². The Morgan fingerprint density at radius 2 is 1.90 bits per heavy atom. The Bertz CT molecular complexity index is 429. The van der Waals surface area contributed by atoms with Gasteiger partial charge in [-0.1, -0.05) is 25.5 Å². The van der Waals surface area contributed by atoms with Crippen LogP contribution in [0.4, 0.5) is 13.2 Å². The van der Waals surface area contributed by atoms with Crippen LogP contribution >= 0.6 is 0 Å². The summed E-state index contributed by atoms with van der Waals surface area (Å²) in [6.07, 6.45) is -2.55. The molecular formula is C14H18F3NO2. The van der Waals surface area contributed by atoms with Crippen molar-refractivity contribution >= 4 is 5.78 Å². The van der Waals surface area contributed by atoms with Crippen LogP contribution in [0.15, 0.2) is 24.3 Å². The van der Waals surface area contributed by atoms with Gasteiger partial charge in [0.2, 0.25) is 0 Å². The average molecular weight is 289 g/mol. The predicted molar refractivity (Wildman–Crippen MR) is 69.3 cm³/mol. The maximum Gasteiger partial charge on any atom is 0.573 e. The number of ketones is 1. The highest BCUT2D eigenvalue weighted by Crippen LogP contribution is 2.22. The highest BCUT2D eigenvalue weighted by atomic mass is 19.4. The number of carbonyl (C=O) groups is 1. The minimum absolute atomic E-state index is 0.0181. The van der Waals surface area contributed by atoms with Crippen molar-refractivity contribution in [1.82, 2.24) is 0 Å². The summed E-state index contributed by atoms with van der Waals surface area (Å²) in [6.45, 7) is 1.99. The van der Waals surface area contributed by atoms with Gasteiger partial charge in [-0.15, -0.1) is 13.2 Å². The first-order valence-corrected chi connectivity index (χ1v) is 6.42. The number of carbonyl (C=O) groups excluding carboxylic acids is 1. The molecule has 0 aliphatic carbocycles. The molecule has 0 aliphatic heterocycles. The lowest BCUT2D eigenvalue weighted by atomic mass is 10.0. The van der Waals surface area contributed by atoms with Crippen LogP contribution in [-0.4, -0.2) is 18.2 Å². The van der Waals surface area contributed by atoms with Gasteiger partial charge in [0, 0.05) is 18.9 Å². The molecule has 0 amide bonds. The molecule has 1 unspecified atom stereocenters. The number of alkyl halides is 3. The maximum atomic E-state index is 12.0. The fraction of sp³-hybridized carbons (Fsp3) is 0.500. The zero-order valence-corrected chi connectivity index (χ0v) is 11.2. The minimum Gasteiger partial charge on any atom is -0.406 e. The monoisotopic (exact) mass is 289 g/mol. The Kier molecular flexibility index (Phi) is 6.01. The highest BCUT2D eigenvalue weighted by Gasteiger charge is 2.30. The number of rotatable bonds is 7. The van der Waals surface area contributed by atoms with Crippen molar-refractivity contribution in [1.29, 1.82) is 0 Å². The highest BCUT2D eigenvalue weighted by molar-refractivity contribution is 5.81. The topological polar surface area (TPSA) is 52.3 Å². The number of hydrogen-bond donors (Lipinski definition) is 1.